The number of aryl methyl sites for hydroxylation is 1. The van der Waals surface area contributed by atoms with Crippen molar-refractivity contribution in [3.05, 3.63) is 65.7 Å². The highest BCUT2D eigenvalue weighted by Gasteiger charge is 2.39. The number of pyridine rings is 2. The summed E-state index contributed by atoms with van der Waals surface area (Å²) >= 11 is 0. The molecular weight excluding hydrogens is 469 g/mol. The average molecular weight is 498 g/mol. The van der Waals surface area contributed by atoms with Crippen molar-refractivity contribution in [1.82, 2.24) is 14.7 Å². The van der Waals surface area contributed by atoms with Gasteiger partial charge in [-0.05, 0) is 62.9 Å². The van der Waals surface area contributed by atoms with Crippen LogP contribution in [0.25, 0.3) is 11.3 Å². The van der Waals surface area contributed by atoms with Gasteiger partial charge in [0.05, 0.1) is 23.1 Å². The Hall–Kier alpha value is -3.53. The molecule has 1 aromatic carbocycles. The minimum atomic E-state index is -4.25. The molecule has 3 aromatic rings. The number of hydrogen-bond donors (Lipinski definition) is 2. The topological polar surface area (TPSA) is 118 Å². The molecule has 0 aliphatic carbocycles. The van der Waals surface area contributed by atoms with Gasteiger partial charge < -0.3 is 10.6 Å². The molecule has 0 unspecified atom stereocenters. The van der Waals surface area contributed by atoms with Gasteiger partial charge >= 0.3 is 0 Å². The van der Waals surface area contributed by atoms with Crippen molar-refractivity contribution in [2.24, 2.45) is 5.92 Å². The van der Waals surface area contributed by atoms with E-state index in [1.165, 1.54) is 30.6 Å². The van der Waals surface area contributed by atoms with Crippen LogP contribution in [0.2, 0.25) is 0 Å². The quantitative estimate of drug-likeness (QED) is 0.548. The van der Waals surface area contributed by atoms with Crippen LogP contribution in [-0.2, 0) is 10.0 Å². The van der Waals surface area contributed by atoms with E-state index in [1.54, 1.807) is 25.1 Å². The number of hydrogen-bond acceptors (Lipinski definition) is 7. The van der Waals surface area contributed by atoms with Crippen LogP contribution in [0.3, 0.4) is 0 Å². The molecule has 0 spiro atoms. The average Bonchev–Trinajstić information content (AvgIpc) is 3.06. The Morgan fingerprint density at radius 1 is 1.23 bits per heavy atom. The number of aromatic nitrogens is 2. The standard InChI is InChI=1S/C25H28FN5O3S/c1-15-12-25(3,4)31(14-15)23-18(7-8-21(29-23)17-6-5-16(2)19(26)11-17)24(32)30-35(33,34)22-9-10-28-13-20(22)27/h5-11,13,15H,12,14,27H2,1-4H3,(H,30,32)/t15-/m0/s1. The fourth-order valence-electron chi connectivity index (χ4n) is 4.57. The van der Waals surface area contributed by atoms with Crippen molar-refractivity contribution in [2.45, 2.75) is 44.6 Å². The first-order valence-corrected chi connectivity index (χ1v) is 12.7. The van der Waals surface area contributed by atoms with Crippen LogP contribution in [0.4, 0.5) is 15.9 Å². The van der Waals surface area contributed by atoms with Crippen molar-refractivity contribution in [3.8, 4) is 11.3 Å². The molecule has 1 saturated heterocycles. The molecule has 35 heavy (non-hydrogen) atoms. The van der Waals surface area contributed by atoms with E-state index in [9.17, 15) is 17.6 Å². The number of amides is 1. The normalized spacial score (nSPS) is 17.4. The maximum Gasteiger partial charge on any atom is 0.268 e. The highest BCUT2D eigenvalue weighted by Crippen LogP contribution is 2.38. The molecule has 3 heterocycles. The molecule has 4 rings (SSSR count). The van der Waals surface area contributed by atoms with E-state index in [2.05, 4.69) is 16.6 Å². The largest absolute Gasteiger partial charge is 0.396 e. The first-order valence-electron chi connectivity index (χ1n) is 11.2. The number of anilines is 2. The number of sulfonamides is 1. The van der Waals surface area contributed by atoms with E-state index in [0.29, 0.717) is 35.1 Å². The summed E-state index contributed by atoms with van der Waals surface area (Å²) in [7, 11) is -4.25. The van der Waals surface area contributed by atoms with E-state index in [0.717, 1.165) is 6.42 Å². The minimum absolute atomic E-state index is 0.0719. The second kappa shape index (κ2) is 8.92. The fourth-order valence-corrected chi connectivity index (χ4v) is 5.64. The summed E-state index contributed by atoms with van der Waals surface area (Å²) in [5.74, 6) is -0.513. The predicted molar refractivity (Wildman–Crippen MR) is 133 cm³/mol. The molecule has 1 atom stereocenters. The number of carbonyl (C=O) groups excluding carboxylic acids is 1. The molecule has 184 valence electrons. The van der Waals surface area contributed by atoms with Gasteiger partial charge in [0.15, 0.2) is 0 Å². The van der Waals surface area contributed by atoms with Crippen molar-refractivity contribution in [3.63, 3.8) is 0 Å². The van der Waals surface area contributed by atoms with Gasteiger partial charge in [-0.25, -0.2) is 22.5 Å². The first-order chi connectivity index (χ1) is 16.4. The van der Waals surface area contributed by atoms with Gasteiger partial charge in [-0.2, -0.15) is 0 Å². The number of rotatable bonds is 5. The number of carbonyl (C=O) groups is 1. The maximum absolute atomic E-state index is 14.2. The lowest BCUT2D eigenvalue weighted by Gasteiger charge is -2.34. The number of halogens is 1. The molecule has 1 aliphatic rings. The number of nitrogens with two attached hydrogens (primary N) is 1. The van der Waals surface area contributed by atoms with E-state index < -0.39 is 15.9 Å². The third kappa shape index (κ3) is 4.84. The van der Waals surface area contributed by atoms with E-state index in [1.807, 2.05) is 18.7 Å². The van der Waals surface area contributed by atoms with Crippen molar-refractivity contribution in [1.29, 1.82) is 0 Å². The number of nitrogens with zero attached hydrogens (tertiary/aromatic N) is 3. The number of nitrogen functional groups attached to an aromatic ring is 1. The molecule has 3 N–H and O–H groups in total. The fraction of sp³-hybridized carbons (Fsp3) is 0.320. The second-order valence-corrected chi connectivity index (χ2v) is 11.3. The Labute approximate surface area is 204 Å². The third-order valence-corrected chi connectivity index (χ3v) is 7.65. The number of nitrogens with one attached hydrogen (secondary N) is 1. The Balaban J connectivity index is 1.79. The molecule has 1 fully saturated rings. The predicted octanol–water partition coefficient (Wildman–Crippen LogP) is 3.92. The summed E-state index contributed by atoms with van der Waals surface area (Å²) in [4.78, 5) is 23.6. The van der Waals surface area contributed by atoms with Gasteiger partial charge in [0, 0.05) is 23.8 Å². The van der Waals surface area contributed by atoms with Crippen LogP contribution >= 0.6 is 0 Å². The Morgan fingerprint density at radius 3 is 2.60 bits per heavy atom. The van der Waals surface area contributed by atoms with Crippen LogP contribution in [0, 0.1) is 18.7 Å². The summed E-state index contributed by atoms with van der Waals surface area (Å²) in [5, 5.41) is 0. The van der Waals surface area contributed by atoms with Crippen LogP contribution in [-0.4, -0.2) is 36.4 Å². The summed E-state index contributed by atoms with van der Waals surface area (Å²) < 4.78 is 42.1. The molecule has 10 heteroatoms. The molecular formula is C25H28FN5O3S. The van der Waals surface area contributed by atoms with Gasteiger partial charge in [-0.1, -0.05) is 19.1 Å². The third-order valence-electron chi connectivity index (χ3n) is 6.24. The highest BCUT2D eigenvalue weighted by atomic mass is 32.2. The zero-order chi connectivity index (χ0) is 25.5. The molecule has 0 radical (unpaired) electrons. The summed E-state index contributed by atoms with van der Waals surface area (Å²) in [6.07, 6.45) is 3.35. The monoisotopic (exact) mass is 497 g/mol. The van der Waals surface area contributed by atoms with Crippen LogP contribution in [0.1, 0.15) is 43.1 Å². The lowest BCUT2D eigenvalue weighted by Crippen LogP contribution is -2.41. The summed E-state index contributed by atoms with van der Waals surface area (Å²) in [6.45, 7) is 8.52. The lowest BCUT2D eigenvalue weighted by molar-refractivity contribution is 0.0981. The van der Waals surface area contributed by atoms with E-state index in [-0.39, 0.29) is 27.5 Å². The zero-order valence-corrected chi connectivity index (χ0v) is 20.9. The molecule has 8 nitrogen and oxygen atoms in total. The summed E-state index contributed by atoms with van der Waals surface area (Å²) in [6, 6.07) is 9.16. The van der Waals surface area contributed by atoms with Crippen molar-refractivity contribution >= 4 is 27.4 Å². The van der Waals surface area contributed by atoms with Crippen LogP contribution in [0.5, 0.6) is 0 Å². The van der Waals surface area contributed by atoms with Gasteiger partial charge in [0.25, 0.3) is 15.9 Å². The maximum atomic E-state index is 14.2. The summed E-state index contributed by atoms with van der Waals surface area (Å²) in [5.41, 5.74) is 7.01. The van der Waals surface area contributed by atoms with Gasteiger partial charge in [0.2, 0.25) is 0 Å². The lowest BCUT2D eigenvalue weighted by atomic mass is 9.97. The van der Waals surface area contributed by atoms with Gasteiger partial charge in [0.1, 0.15) is 16.5 Å². The highest BCUT2D eigenvalue weighted by molar-refractivity contribution is 7.90. The van der Waals surface area contributed by atoms with Gasteiger partial charge in [-0.3, -0.25) is 9.78 Å². The van der Waals surface area contributed by atoms with Crippen LogP contribution in [0.15, 0.2) is 53.7 Å². The zero-order valence-electron chi connectivity index (χ0n) is 20.0. The van der Waals surface area contributed by atoms with Crippen molar-refractivity contribution < 1.29 is 17.6 Å². The molecule has 0 bridgehead atoms. The smallest absolute Gasteiger partial charge is 0.268 e. The van der Waals surface area contributed by atoms with Crippen LogP contribution < -0.4 is 15.4 Å². The van der Waals surface area contributed by atoms with Crippen molar-refractivity contribution in [2.75, 3.05) is 17.2 Å². The molecule has 1 amide bonds. The second-order valence-electron chi connectivity index (χ2n) is 9.61. The first kappa shape index (κ1) is 24.6. The van der Waals surface area contributed by atoms with E-state index in [4.69, 9.17) is 10.7 Å². The van der Waals surface area contributed by atoms with Gasteiger partial charge in [-0.15, -0.1) is 0 Å². The Bertz CT molecular complexity index is 1410. The van der Waals surface area contributed by atoms with E-state index >= 15 is 0 Å². The molecule has 2 aromatic heterocycles. The molecule has 1 aliphatic heterocycles. The SMILES string of the molecule is Cc1ccc(-c2ccc(C(=O)NS(=O)(=O)c3ccncc3N)c(N3C[C@@H](C)CC3(C)C)n2)cc1F. The Morgan fingerprint density at radius 2 is 1.97 bits per heavy atom. The minimum Gasteiger partial charge on any atom is -0.396 e. The Kier molecular flexibility index (Phi) is 6.27. The molecule has 0 saturated carbocycles. The number of benzene rings is 1.